The van der Waals surface area contributed by atoms with Crippen molar-refractivity contribution in [1.29, 1.82) is 0 Å². The van der Waals surface area contributed by atoms with E-state index in [1.54, 1.807) is 12.1 Å². The van der Waals surface area contributed by atoms with Gasteiger partial charge in [-0.25, -0.2) is 9.97 Å². The van der Waals surface area contributed by atoms with Gasteiger partial charge < -0.3 is 5.32 Å². The van der Waals surface area contributed by atoms with Crippen LogP contribution in [0.1, 0.15) is 16.1 Å². The third-order valence-electron chi connectivity index (χ3n) is 4.45. The summed E-state index contributed by atoms with van der Waals surface area (Å²) in [4.78, 5) is 20.9. The minimum atomic E-state index is -4.88. The Morgan fingerprint density at radius 2 is 1.61 bits per heavy atom. The first-order valence-corrected chi connectivity index (χ1v) is 10.3. The number of hydrogen-bond acceptors (Lipinski definition) is 4. The van der Waals surface area contributed by atoms with E-state index in [0.29, 0.717) is 0 Å². The summed E-state index contributed by atoms with van der Waals surface area (Å²) in [6, 6.07) is 11.5. The minimum absolute atomic E-state index is 0.0216. The molecule has 0 saturated heterocycles. The average Bonchev–Trinajstić information content (AvgIpc) is 3.16. The predicted molar refractivity (Wildman–Crippen MR) is 119 cm³/mol. The number of nitrogens with one attached hydrogen (secondary N) is 1. The number of rotatable bonds is 4. The van der Waals surface area contributed by atoms with Gasteiger partial charge in [0.2, 0.25) is 0 Å². The van der Waals surface area contributed by atoms with Gasteiger partial charge >= 0.3 is 6.18 Å². The van der Waals surface area contributed by atoms with Crippen molar-refractivity contribution in [3.05, 3.63) is 87.2 Å². The Balaban J connectivity index is 1.98. The van der Waals surface area contributed by atoms with Crippen molar-refractivity contribution in [3.63, 3.8) is 0 Å². The van der Waals surface area contributed by atoms with Crippen LogP contribution in [0.15, 0.2) is 60.9 Å². The second kappa shape index (κ2) is 9.01. The molecule has 1 amide bonds. The van der Waals surface area contributed by atoms with Crippen LogP contribution in [0.4, 0.5) is 19.0 Å². The summed E-state index contributed by atoms with van der Waals surface area (Å²) in [5.74, 6) is -1.27. The van der Waals surface area contributed by atoms with Gasteiger partial charge in [0, 0.05) is 12.4 Å². The van der Waals surface area contributed by atoms with Crippen molar-refractivity contribution in [1.82, 2.24) is 19.7 Å². The van der Waals surface area contributed by atoms with Gasteiger partial charge in [0.15, 0.2) is 5.69 Å². The maximum Gasteiger partial charge on any atom is 0.435 e. The number of alkyl halides is 3. The molecule has 6 nitrogen and oxygen atoms in total. The molecule has 2 aromatic carbocycles. The Kier molecular flexibility index (Phi) is 6.29. The number of carbonyl (C=O) groups excluding carboxylic acids is 1. The summed E-state index contributed by atoms with van der Waals surface area (Å²) >= 11 is 18.1. The van der Waals surface area contributed by atoms with Crippen LogP contribution >= 0.6 is 34.8 Å². The Hall–Kier alpha value is -3.14. The topological polar surface area (TPSA) is 72.7 Å². The van der Waals surface area contributed by atoms with Crippen molar-refractivity contribution in [3.8, 4) is 17.1 Å². The molecule has 0 radical (unpaired) electrons. The molecule has 2 aromatic heterocycles. The smallest absolute Gasteiger partial charge is 0.306 e. The quantitative estimate of drug-likeness (QED) is 0.336. The number of halogens is 6. The van der Waals surface area contributed by atoms with Crippen LogP contribution in [0.2, 0.25) is 15.1 Å². The van der Waals surface area contributed by atoms with E-state index in [-0.39, 0.29) is 38.0 Å². The number of nitrogens with zero attached hydrogens (tertiary/aromatic N) is 4. The van der Waals surface area contributed by atoms with Crippen molar-refractivity contribution in [2.75, 3.05) is 5.32 Å². The molecule has 1 N–H and O–H groups in total. The van der Waals surface area contributed by atoms with E-state index >= 15 is 0 Å². The average molecular weight is 513 g/mol. The summed E-state index contributed by atoms with van der Waals surface area (Å²) in [6.07, 6.45) is -2.23. The summed E-state index contributed by atoms with van der Waals surface area (Å²) in [5.41, 5.74) is -1.64. The normalized spacial score (nSPS) is 11.5. The first kappa shape index (κ1) is 23.0. The van der Waals surface area contributed by atoms with Gasteiger partial charge in [-0.2, -0.15) is 23.0 Å². The number of hydrogen-bond donors (Lipinski definition) is 1. The molecule has 0 saturated carbocycles. The molecule has 0 spiro atoms. The molecule has 0 aliphatic rings. The van der Waals surface area contributed by atoms with Crippen LogP contribution in [0.5, 0.6) is 0 Å². The lowest BCUT2D eigenvalue weighted by atomic mass is 10.0. The van der Waals surface area contributed by atoms with Gasteiger partial charge in [-0.3, -0.25) is 4.79 Å². The zero-order valence-corrected chi connectivity index (χ0v) is 18.5. The molecular formula is C21H11Cl3F3N5O. The Morgan fingerprint density at radius 3 is 2.24 bits per heavy atom. The molecule has 0 fully saturated rings. The maximum atomic E-state index is 14.0. The Labute approximate surface area is 199 Å². The van der Waals surface area contributed by atoms with Gasteiger partial charge in [-0.15, -0.1) is 0 Å². The monoisotopic (exact) mass is 511 g/mol. The molecule has 2 heterocycles. The van der Waals surface area contributed by atoms with Gasteiger partial charge in [0.25, 0.3) is 11.9 Å². The van der Waals surface area contributed by atoms with E-state index < -0.39 is 23.3 Å². The van der Waals surface area contributed by atoms with Crippen LogP contribution in [0.25, 0.3) is 17.1 Å². The molecular weight excluding hydrogens is 502 g/mol. The van der Waals surface area contributed by atoms with E-state index in [1.165, 1.54) is 48.8 Å². The molecule has 168 valence electrons. The van der Waals surface area contributed by atoms with Crippen molar-refractivity contribution in [2.45, 2.75) is 6.18 Å². The highest BCUT2D eigenvalue weighted by atomic mass is 35.5. The number of amides is 1. The lowest BCUT2D eigenvalue weighted by Gasteiger charge is -2.12. The number of anilines is 1. The zero-order chi connectivity index (χ0) is 23.8. The van der Waals surface area contributed by atoms with E-state index in [4.69, 9.17) is 34.8 Å². The summed E-state index contributed by atoms with van der Waals surface area (Å²) in [6.45, 7) is 0. The molecule has 0 bridgehead atoms. The van der Waals surface area contributed by atoms with E-state index in [1.807, 2.05) is 0 Å². The molecule has 0 aliphatic carbocycles. The molecule has 4 aromatic rings. The summed E-state index contributed by atoms with van der Waals surface area (Å²) < 4.78 is 42.9. The van der Waals surface area contributed by atoms with Gasteiger partial charge in [0.05, 0.1) is 26.2 Å². The second-order valence-corrected chi connectivity index (χ2v) is 7.82. The third-order valence-corrected chi connectivity index (χ3v) is 5.52. The third kappa shape index (κ3) is 4.66. The fourth-order valence-electron chi connectivity index (χ4n) is 3.02. The lowest BCUT2D eigenvalue weighted by Crippen LogP contribution is -2.17. The van der Waals surface area contributed by atoms with Gasteiger partial charge in [-0.1, -0.05) is 53.0 Å². The van der Waals surface area contributed by atoms with Gasteiger partial charge in [0.1, 0.15) is 5.82 Å². The number of benzene rings is 2. The fraction of sp³-hybridized carbons (Fsp3) is 0.0476. The van der Waals surface area contributed by atoms with Crippen LogP contribution < -0.4 is 5.32 Å². The van der Waals surface area contributed by atoms with Crippen LogP contribution in [-0.2, 0) is 6.18 Å². The number of aromatic nitrogens is 4. The number of carbonyl (C=O) groups is 1. The van der Waals surface area contributed by atoms with E-state index in [0.717, 1.165) is 4.68 Å². The molecule has 4 rings (SSSR count). The highest BCUT2D eigenvalue weighted by molar-refractivity contribution is 6.42. The second-order valence-electron chi connectivity index (χ2n) is 6.59. The molecule has 0 aliphatic heterocycles. The first-order valence-electron chi connectivity index (χ1n) is 9.15. The molecule has 0 atom stereocenters. The Morgan fingerprint density at radius 1 is 0.909 bits per heavy atom. The van der Waals surface area contributed by atoms with Crippen LogP contribution in [0, 0.1) is 0 Å². The van der Waals surface area contributed by atoms with Crippen LogP contribution in [-0.4, -0.2) is 25.7 Å². The largest absolute Gasteiger partial charge is 0.435 e. The fourth-order valence-corrected chi connectivity index (χ4v) is 3.54. The van der Waals surface area contributed by atoms with Crippen molar-refractivity contribution < 1.29 is 18.0 Å². The van der Waals surface area contributed by atoms with E-state index in [2.05, 4.69) is 20.4 Å². The SMILES string of the molecule is O=C(Nc1c(-c2ccc(Cl)c(Cl)c2)c(C(F)(F)F)nn1-c1ncccn1)c1ccccc1Cl. The van der Waals surface area contributed by atoms with Crippen molar-refractivity contribution in [2.24, 2.45) is 0 Å². The van der Waals surface area contributed by atoms with E-state index in [9.17, 15) is 18.0 Å². The van der Waals surface area contributed by atoms with Crippen molar-refractivity contribution >= 4 is 46.5 Å². The summed E-state index contributed by atoms with van der Waals surface area (Å²) in [7, 11) is 0. The lowest BCUT2D eigenvalue weighted by molar-refractivity contribution is -0.140. The maximum absolute atomic E-state index is 14.0. The summed E-state index contributed by atoms with van der Waals surface area (Å²) in [5, 5.41) is 6.46. The van der Waals surface area contributed by atoms with Gasteiger partial charge in [-0.05, 0) is 35.9 Å². The Bertz CT molecular complexity index is 1340. The zero-order valence-electron chi connectivity index (χ0n) is 16.2. The molecule has 12 heteroatoms. The molecule has 33 heavy (non-hydrogen) atoms. The first-order chi connectivity index (χ1) is 15.7. The molecule has 0 unspecified atom stereocenters. The highest BCUT2D eigenvalue weighted by Crippen LogP contribution is 2.43. The highest BCUT2D eigenvalue weighted by Gasteiger charge is 2.41. The van der Waals surface area contributed by atoms with Crippen LogP contribution in [0.3, 0.4) is 0 Å². The standard InChI is InChI=1S/C21H11Cl3F3N5O/c22-13-5-2-1-4-12(13)19(33)30-18-16(11-6-7-14(23)15(24)10-11)17(21(25,26)27)31-32(18)20-28-8-3-9-29-20/h1-10H,(H,30,33). The predicted octanol–water partition coefficient (Wildman–Crippen LogP) is 6.56. The minimum Gasteiger partial charge on any atom is -0.306 e.